The molecule has 0 aromatic carbocycles. The molecular formula is C13H27NO2. The summed E-state index contributed by atoms with van der Waals surface area (Å²) in [6.07, 6.45) is 5.43. The van der Waals surface area contributed by atoms with Gasteiger partial charge in [-0.15, -0.1) is 0 Å². The van der Waals surface area contributed by atoms with Gasteiger partial charge in [0.1, 0.15) is 0 Å². The lowest BCUT2D eigenvalue weighted by Crippen LogP contribution is -2.29. The summed E-state index contributed by atoms with van der Waals surface area (Å²) in [5.41, 5.74) is -0.0197. The second-order valence-electron chi connectivity index (χ2n) is 5.49. The molecular weight excluding hydrogens is 202 g/mol. The Balaban J connectivity index is 1.87. The highest BCUT2D eigenvalue weighted by Crippen LogP contribution is 2.14. The fourth-order valence-electron chi connectivity index (χ4n) is 1.85. The van der Waals surface area contributed by atoms with Gasteiger partial charge in [-0.1, -0.05) is 0 Å². The third-order valence-electron chi connectivity index (χ3n) is 2.73. The topological polar surface area (TPSA) is 30.5 Å². The lowest BCUT2D eigenvalue weighted by Gasteiger charge is -2.23. The Morgan fingerprint density at radius 3 is 2.69 bits per heavy atom. The molecule has 0 aromatic heterocycles. The molecule has 16 heavy (non-hydrogen) atoms. The Labute approximate surface area is 99.9 Å². The van der Waals surface area contributed by atoms with E-state index in [4.69, 9.17) is 9.47 Å². The largest absolute Gasteiger partial charge is 0.378 e. The summed E-state index contributed by atoms with van der Waals surface area (Å²) in [6, 6.07) is 0. The van der Waals surface area contributed by atoms with Gasteiger partial charge in [-0.2, -0.15) is 0 Å². The maximum atomic E-state index is 5.67. The van der Waals surface area contributed by atoms with Gasteiger partial charge in [0.25, 0.3) is 0 Å². The van der Waals surface area contributed by atoms with E-state index in [2.05, 4.69) is 26.1 Å². The van der Waals surface area contributed by atoms with Crippen molar-refractivity contribution >= 4 is 0 Å². The number of hydrogen-bond acceptors (Lipinski definition) is 3. The van der Waals surface area contributed by atoms with Crippen molar-refractivity contribution in [2.45, 2.75) is 58.2 Å². The fraction of sp³-hybridized carbons (Fsp3) is 1.00. The molecule has 1 aliphatic heterocycles. The molecule has 0 spiro atoms. The highest BCUT2D eigenvalue weighted by Gasteiger charge is 2.13. The van der Waals surface area contributed by atoms with Crippen molar-refractivity contribution in [1.29, 1.82) is 0 Å². The van der Waals surface area contributed by atoms with Crippen LogP contribution in [-0.2, 0) is 9.47 Å². The molecule has 1 saturated heterocycles. The molecule has 1 aliphatic rings. The van der Waals surface area contributed by atoms with Gasteiger partial charge in [-0.05, 0) is 53.0 Å². The van der Waals surface area contributed by atoms with Crippen molar-refractivity contribution in [3.63, 3.8) is 0 Å². The van der Waals surface area contributed by atoms with E-state index in [-0.39, 0.29) is 5.60 Å². The average Bonchev–Trinajstić information content (AvgIpc) is 2.23. The van der Waals surface area contributed by atoms with E-state index in [1.807, 2.05) is 0 Å². The molecule has 1 rings (SSSR count). The molecule has 1 heterocycles. The summed E-state index contributed by atoms with van der Waals surface area (Å²) < 4.78 is 11.3. The zero-order chi connectivity index (χ0) is 11.9. The van der Waals surface area contributed by atoms with Gasteiger partial charge in [0.05, 0.1) is 18.3 Å². The first-order chi connectivity index (χ1) is 7.58. The van der Waals surface area contributed by atoms with E-state index in [1.54, 1.807) is 0 Å². The third-order valence-corrected chi connectivity index (χ3v) is 2.73. The molecule has 0 saturated carbocycles. The van der Waals surface area contributed by atoms with Gasteiger partial charge in [0.2, 0.25) is 0 Å². The Morgan fingerprint density at radius 1 is 1.25 bits per heavy atom. The first-order valence-corrected chi connectivity index (χ1v) is 6.54. The quantitative estimate of drug-likeness (QED) is 0.709. The van der Waals surface area contributed by atoms with Gasteiger partial charge in [0.15, 0.2) is 0 Å². The van der Waals surface area contributed by atoms with Gasteiger partial charge in [-0.25, -0.2) is 0 Å². The van der Waals surface area contributed by atoms with Crippen LogP contribution in [0.3, 0.4) is 0 Å². The minimum absolute atomic E-state index is 0.0197. The van der Waals surface area contributed by atoms with E-state index in [1.165, 1.54) is 19.3 Å². The predicted molar refractivity (Wildman–Crippen MR) is 66.8 cm³/mol. The highest BCUT2D eigenvalue weighted by molar-refractivity contribution is 4.65. The van der Waals surface area contributed by atoms with E-state index >= 15 is 0 Å². The number of hydrogen-bond donors (Lipinski definition) is 1. The molecule has 1 atom stereocenters. The highest BCUT2D eigenvalue weighted by atomic mass is 16.5. The maximum absolute atomic E-state index is 5.67. The predicted octanol–water partition coefficient (Wildman–Crippen LogP) is 2.35. The summed E-state index contributed by atoms with van der Waals surface area (Å²) in [4.78, 5) is 0. The normalized spacial score (nSPS) is 22.3. The molecule has 0 aromatic rings. The van der Waals surface area contributed by atoms with Crippen LogP contribution in [0.1, 0.15) is 46.5 Å². The summed E-state index contributed by atoms with van der Waals surface area (Å²) in [5.74, 6) is 0. The van der Waals surface area contributed by atoms with Crippen molar-refractivity contribution in [2.75, 3.05) is 26.3 Å². The first-order valence-electron chi connectivity index (χ1n) is 6.54. The van der Waals surface area contributed by atoms with Crippen LogP contribution < -0.4 is 5.32 Å². The van der Waals surface area contributed by atoms with Crippen molar-refractivity contribution in [3.05, 3.63) is 0 Å². The average molecular weight is 229 g/mol. The Morgan fingerprint density at radius 2 is 2.06 bits per heavy atom. The second-order valence-corrected chi connectivity index (χ2v) is 5.49. The van der Waals surface area contributed by atoms with Crippen LogP contribution >= 0.6 is 0 Å². The Kier molecular flexibility index (Phi) is 6.32. The minimum atomic E-state index is -0.0197. The SMILES string of the molecule is CC(C)(C)OCCNCCC1CCCCO1. The molecule has 1 unspecified atom stereocenters. The van der Waals surface area contributed by atoms with E-state index in [9.17, 15) is 0 Å². The lowest BCUT2D eigenvalue weighted by atomic mass is 10.1. The van der Waals surface area contributed by atoms with E-state index in [0.29, 0.717) is 6.10 Å². The van der Waals surface area contributed by atoms with Crippen LogP contribution in [0.2, 0.25) is 0 Å². The van der Waals surface area contributed by atoms with Crippen molar-refractivity contribution in [3.8, 4) is 0 Å². The summed E-state index contributed by atoms with van der Waals surface area (Å²) >= 11 is 0. The standard InChI is InChI=1S/C13H27NO2/c1-13(2,3)16-11-9-14-8-7-12-6-4-5-10-15-12/h12,14H,4-11H2,1-3H3. The van der Waals surface area contributed by atoms with Crippen molar-refractivity contribution < 1.29 is 9.47 Å². The fourth-order valence-corrected chi connectivity index (χ4v) is 1.85. The van der Waals surface area contributed by atoms with Crippen LogP contribution in [0.5, 0.6) is 0 Å². The van der Waals surface area contributed by atoms with Crippen molar-refractivity contribution in [2.24, 2.45) is 0 Å². The molecule has 1 N–H and O–H groups in total. The molecule has 0 amide bonds. The monoisotopic (exact) mass is 229 g/mol. The molecule has 3 heteroatoms. The van der Waals surface area contributed by atoms with Crippen LogP contribution in [0.15, 0.2) is 0 Å². The number of rotatable bonds is 6. The minimum Gasteiger partial charge on any atom is -0.378 e. The second kappa shape index (κ2) is 7.25. The Bertz CT molecular complexity index is 171. The molecule has 1 fully saturated rings. The summed E-state index contributed by atoms with van der Waals surface area (Å²) in [5, 5.41) is 3.40. The summed E-state index contributed by atoms with van der Waals surface area (Å²) in [7, 11) is 0. The number of nitrogens with one attached hydrogen (secondary N) is 1. The van der Waals surface area contributed by atoms with Crippen LogP contribution in [0.4, 0.5) is 0 Å². The molecule has 0 bridgehead atoms. The first kappa shape index (κ1) is 13.9. The number of ether oxygens (including phenoxy) is 2. The van der Waals surface area contributed by atoms with Crippen molar-refractivity contribution in [1.82, 2.24) is 5.32 Å². The zero-order valence-corrected chi connectivity index (χ0v) is 11.1. The maximum Gasteiger partial charge on any atom is 0.0599 e. The molecule has 0 aliphatic carbocycles. The van der Waals surface area contributed by atoms with E-state index in [0.717, 1.165) is 32.7 Å². The van der Waals surface area contributed by atoms with Crippen LogP contribution in [-0.4, -0.2) is 38.0 Å². The Hall–Kier alpha value is -0.120. The summed E-state index contributed by atoms with van der Waals surface area (Å²) in [6.45, 7) is 9.98. The van der Waals surface area contributed by atoms with Gasteiger partial charge < -0.3 is 14.8 Å². The van der Waals surface area contributed by atoms with Gasteiger partial charge >= 0.3 is 0 Å². The third kappa shape index (κ3) is 7.20. The van der Waals surface area contributed by atoms with Gasteiger partial charge in [-0.3, -0.25) is 0 Å². The van der Waals surface area contributed by atoms with E-state index < -0.39 is 0 Å². The van der Waals surface area contributed by atoms with Gasteiger partial charge in [0, 0.05) is 13.2 Å². The zero-order valence-electron chi connectivity index (χ0n) is 11.1. The van der Waals surface area contributed by atoms with Crippen LogP contribution in [0, 0.1) is 0 Å². The van der Waals surface area contributed by atoms with Crippen LogP contribution in [0.25, 0.3) is 0 Å². The lowest BCUT2D eigenvalue weighted by molar-refractivity contribution is -0.00329. The molecule has 96 valence electrons. The molecule has 3 nitrogen and oxygen atoms in total. The molecule has 0 radical (unpaired) electrons. The smallest absolute Gasteiger partial charge is 0.0599 e.